The topological polar surface area (TPSA) is 75.4 Å². The Balaban J connectivity index is 1.45. The van der Waals surface area contributed by atoms with Crippen LogP contribution in [0.15, 0.2) is 59.7 Å². The molecule has 0 spiro atoms. The molecule has 1 N–H and O–H groups in total. The second-order valence-electron chi connectivity index (χ2n) is 7.11. The van der Waals surface area contributed by atoms with Crippen LogP contribution < -0.4 is 5.56 Å². The number of piperidine rings is 1. The predicted octanol–water partition coefficient (Wildman–Crippen LogP) is 2.56. The minimum absolute atomic E-state index is 0.0595. The molecule has 144 valence electrons. The number of para-hydroxylation sites is 1. The van der Waals surface area contributed by atoms with Gasteiger partial charge in [-0.1, -0.05) is 35.9 Å². The fourth-order valence-corrected chi connectivity index (χ4v) is 3.77. The summed E-state index contributed by atoms with van der Waals surface area (Å²) in [6.07, 6.45) is 2.28. The number of fused-ring (bicyclic) bond motifs is 1. The van der Waals surface area contributed by atoms with E-state index in [1.165, 1.54) is 10.9 Å². The minimum atomic E-state index is -0.970. The van der Waals surface area contributed by atoms with E-state index in [-0.39, 0.29) is 18.0 Å². The van der Waals surface area contributed by atoms with Crippen LogP contribution in [-0.2, 0) is 16.9 Å². The van der Waals surface area contributed by atoms with Crippen LogP contribution in [0.25, 0.3) is 10.9 Å². The van der Waals surface area contributed by atoms with Crippen molar-refractivity contribution >= 4 is 28.4 Å². The molecule has 0 bridgehead atoms. The first-order valence-corrected chi connectivity index (χ1v) is 9.54. The summed E-state index contributed by atoms with van der Waals surface area (Å²) in [5.74, 6) is -0.155. The average Bonchev–Trinajstić information content (AvgIpc) is 2.71. The van der Waals surface area contributed by atoms with Gasteiger partial charge in [0, 0.05) is 18.1 Å². The van der Waals surface area contributed by atoms with Crippen molar-refractivity contribution in [1.82, 2.24) is 14.5 Å². The zero-order valence-corrected chi connectivity index (χ0v) is 16.0. The number of aromatic nitrogens is 2. The number of carbonyl (C=O) groups excluding carboxylic acids is 1. The van der Waals surface area contributed by atoms with Crippen molar-refractivity contribution in [3.05, 3.63) is 75.8 Å². The maximum absolute atomic E-state index is 12.7. The van der Waals surface area contributed by atoms with Crippen molar-refractivity contribution in [3.8, 4) is 0 Å². The third-order valence-electron chi connectivity index (χ3n) is 5.36. The molecule has 1 fully saturated rings. The fraction of sp³-hybridized carbons (Fsp3) is 0.286. The first-order valence-electron chi connectivity index (χ1n) is 9.17. The van der Waals surface area contributed by atoms with Gasteiger partial charge in [0.05, 0.1) is 22.8 Å². The third-order valence-corrected chi connectivity index (χ3v) is 5.61. The van der Waals surface area contributed by atoms with Gasteiger partial charge >= 0.3 is 0 Å². The number of carbonyl (C=O) groups is 1. The number of benzene rings is 2. The van der Waals surface area contributed by atoms with Crippen molar-refractivity contribution in [1.29, 1.82) is 0 Å². The van der Waals surface area contributed by atoms with E-state index in [1.54, 1.807) is 35.2 Å². The van der Waals surface area contributed by atoms with Gasteiger partial charge in [-0.05, 0) is 42.7 Å². The van der Waals surface area contributed by atoms with Crippen LogP contribution in [0.2, 0.25) is 5.02 Å². The van der Waals surface area contributed by atoms with Gasteiger partial charge in [-0.2, -0.15) is 0 Å². The Hall–Kier alpha value is -2.70. The number of halogens is 1. The lowest BCUT2D eigenvalue weighted by atomic mass is 9.84. The normalized spacial score (nSPS) is 16.3. The first kappa shape index (κ1) is 18.7. The second-order valence-corrected chi connectivity index (χ2v) is 7.55. The first-order chi connectivity index (χ1) is 13.5. The highest BCUT2D eigenvalue weighted by molar-refractivity contribution is 6.30. The Morgan fingerprint density at radius 2 is 1.79 bits per heavy atom. The van der Waals surface area contributed by atoms with Crippen LogP contribution in [0.4, 0.5) is 0 Å². The van der Waals surface area contributed by atoms with Gasteiger partial charge in [0.2, 0.25) is 5.91 Å². The smallest absolute Gasteiger partial charge is 0.261 e. The summed E-state index contributed by atoms with van der Waals surface area (Å²) in [6, 6.07) is 14.2. The van der Waals surface area contributed by atoms with E-state index in [9.17, 15) is 14.7 Å². The standard InChI is InChI=1S/C21H20ClN3O3/c22-16-7-5-15(6-8-16)21(28)9-11-24(12-10-21)19(26)13-25-14-23-18-4-2-1-3-17(18)20(25)27/h1-8,14,28H,9-13H2. The third kappa shape index (κ3) is 3.53. The highest BCUT2D eigenvalue weighted by atomic mass is 35.5. The van der Waals surface area contributed by atoms with Crippen molar-refractivity contribution in [3.63, 3.8) is 0 Å². The minimum Gasteiger partial charge on any atom is -0.385 e. The molecule has 28 heavy (non-hydrogen) atoms. The van der Waals surface area contributed by atoms with Crippen molar-refractivity contribution in [2.24, 2.45) is 0 Å². The van der Waals surface area contributed by atoms with E-state index in [0.717, 1.165) is 5.56 Å². The van der Waals surface area contributed by atoms with Crippen LogP contribution in [0, 0.1) is 0 Å². The number of likely N-dealkylation sites (tertiary alicyclic amines) is 1. The number of hydrogen-bond donors (Lipinski definition) is 1. The van der Waals surface area contributed by atoms with Gasteiger partial charge in [0.25, 0.3) is 5.56 Å². The Labute approximate surface area is 167 Å². The lowest BCUT2D eigenvalue weighted by Gasteiger charge is -2.38. The summed E-state index contributed by atoms with van der Waals surface area (Å²) >= 11 is 5.92. The van der Waals surface area contributed by atoms with Crippen LogP contribution >= 0.6 is 11.6 Å². The highest BCUT2D eigenvalue weighted by Crippen LogP contribution is 2.33. The molecule has 0 atom stereocenters. The van der Waals surface area contributed by atoms with Gasteiger partial charge in [0.1, 0.15) is 6.54 Å². The highest BCUT2D eigenvalue weighted by Gasteiger charge is 2.35. The molecule has 0 aliphatic carbocycles. The zero-order valence-electron chi connectivity index (χ0n) is 15.2. The molecule has 3 aromatic rings. The zero-order chi connectivity index (χ0) is 19.7. The molecule has 4 rings (SSSR count). The lowest BCUT2D eigenvalue weighted by molar-refractivity contribution is -0.136. The largest absolute Gasteiger partial charge is 0.385 e. The number of amides is 1. The quantitative estimate of drug-likeness (QED) is 0.737. The fourth-order valence-electron chi connectivity index (χ4n) is 3.64. The molecular weight excluding hydrogens is 378 g/mol. The van der Waals surface area contributed by atoms with Gasteiger partial charge in [0.15, 0.2) is 0 Å². The number of rotatable bonds is 3. The van der Waals surface area contributed by atoms with Crippen LogP contribution in [-0.4, -0.2) is 38.6 Å². The average molecular weight is 398 g/mol. The molecule has 6 nitrogen and oxygen atoms in total. The van der Waals surface area contributed by atoms with Crippen LogP contribution in [0.1, 0.15) is 18.4 Å². The van der Waals surface area contributed by atoms with Gasteiger partial charge in [-0.3, -0.25) is 14.2 Å². The maximum atomic E-state index is 12.7. The van der Waals surface area contributed by atoms with E-state index < -0.39 is 5.60 Å². The van der Waals surface area contributed by atoms with Crippen LogP contribution in [0.5, 0.6) is 0 Å². The van der Waals surface area contributed by atoms with Gasteiger partial charge in [-0.25, -0.2) is 4.98 Å². The van der Waals surface area contributed by atoms with E-state index in [1.807, 2.05) is 18.2 Å². The summed E-state index contributed by atoms with van der Waals surface area (Å²) < 4.78 is 1.34. The van der Waals surface area contributed by atoms with Gasteiger partial charge < -0.3 is 10.0 Å². The molecule has 0 unspecified atom stereocenters. The molecule has 2 heterocycles. The second kappa shape index (κ2) is 7.37. The Bertz CT molecular complexity index is 1070. The number of hydrogen-bond acceptors (Lipinski definition) is 4. The SMILES string of the molecule is O=C(Cn1cnc2ccccc2c1=O)N1CCC(O)(c2ccc(Cl)cc2)CC1. The Morgan fingerprint density at radius 3 is 2.50 bits per heavy atom. The summed E-state index contributed by atoms with van der Waals surface area (Å²) in [6.45, 7) is 0.789. The molecule has 1 aliphatic rings. The monoisotopic (exact) mass is 397 g/mol. The predicted molar refractivity (Wildman–Crippen MR) is 107 cm³/mol. The molecule has 1 aliphatic heterocycles. The van der Waals surface area contributed by atoms with E-state index in [4.69, 9.17) is 11.6 Å². The molecule has 1 amide bonds. The molecule has 1 aromatic heterocycles. The summed E-state index contributed by atoms with van der Waals surface area (Å²) in [4.78, 5) is 31.2. The summed E-state index contributed by atoms with van der Waals surface area (Å²) in [5, 5.41) is 12.1. The van der Waals surface area contributed by atoms with Gasteiger partial charge in [-0.15, -0.1) is 0 Å². The number of aliphatic hydroxyl groups is 1. The molecule has 0 radical (unpaired) electrons. The molecule has 7 heteroatoms. The van der Waals surface area contributed by atoms with Crippen molar-refractivity contribution in [2.45, 2.75) is 25.0 Å². The van der Waals surface area contributed by atoms with E-state index in [0.29, 0.717) is 41.9 Å². The summed E-state index contributed by atoms with van der Waals surface area (Å²) in [7, 11) is 0. The Kier molecular flexibility index (Phi) is 4.91. The van der Waals surface area contributed by atoms with Crippen molar-refractivity contribution < 1.29 is 9.90 Å². The molecule has 0 saturated carbocycles. The lowest BCUT2D eigenvalue weighted by Crippen LogP contribution is -2.46. The van der Waals surface area contributed by atoms with Crippen LogP contribution in [0.3, 0.4) is 0 Å². The van der Waals surface area contributed by atoms with E-state index >= 15 is 0 Å². The van der Waals surface area contributed by atoms with E-state index in [2.05, 4.69) is 4.98 Å². The maximum Gasteiger partial charge on any atom is 0.261 e. The number of nitrogens with zero attached hydrogens (tertiary/aromatic N) is 3. The molecule has 1 saturated heterocycles. The summed E-state index contributed by atoms with van der Waals surface area (Å²) in [5.41, 5.74) is 0.220. The Morgan fingerprint density at radius 1 is 1.11 bits per heavy atom. The molecular formula is C21H20ClN3O3. The molecule has 2 aromatic carbocycles. The van der Waals surface area contributed by atoms with Crippen molar-refractivity contribution in [2.75, 3.05) is 13.1 Å².